The Morgan fingerprint density at radius 3 is 2.50 bits per heavy atom. The summed E-state index contributed by atoms with van der Waals surface area (Å²) in [7, 11) is 2.91. The molecular formula is C15H21NO4. The van der Waals surface area contributed by atoms with Crippen molar-refractivity contribution in [3.63, 3.8) is 0 Å². The fourth-order valence-corrected chi connectivity index (χ4v) is 1.86. The normalized spacial score (nSPS) is 10.0. The van der Waals surface area contributed by atoms with Gasteiger partial charge in [0.15, 0.2) is 0 Å². The maximum absolute atomic E-state index is 12.2. The standard InChI is InChI=1S/C15H21NO4/c1-5-16(10-15(18)20-4)14(17)9-12-7-6-11(2)13(8-12)19-3/h6-8H,5,9-10H2,1-4H3. The molecule has 0 aliphatic rings. The van der Waals surface area contributed by atoms with Gasteiger partial charge < -0.3 is 14.4 Å². The van der Waals surface area contributed by atoms with Crippen LogP contribution in [0.2, 0.25) is 0 Å². The molecule has 5 heteroatoms. The molecule has 0 aliphatic heterocycles. The average Bonchev–Trinajstić information content (AvgIpc) is 2.46. The fourth-order valence-electron chi connectivity index (χ4n) is 1.86. The Balaban J connectivity index is 2.75. The summed E-state index contributed by atoms with van der Waals surface area (Å²) < 4.78 is 9.82. The second kappa shape index (κ2) is 7.53. The van der Waals surface area contributed by atoms with Crippen molar-refractivity contribution in [2.24, 2.45) is 0 Å². The quantitative estimate of drug-likeness (QED) is 0.742. The highest BCUT2D eigenvalue weighted by molar-refractivity contribution is 5.83. The van der Waals surface area contributed by atoms with E-state index in [0.29, 0.717) is 6.54 Å². The van der Waals surface area contributed by atoms with Crippen LogP contribution in [0.1, 0.15) is 18.1 Å². The van der Waals surface area contributed by atoms with Gasteiger partial charge in [-0.2, -0.15) is 0 Å². The van der Waals surface area contributed by atoms with E-state index in [0.717, 1.165) is 16.9 Å². The van der Waals surface area contributed by atoms with Crippen molar-refractivity contribution in [2.75, 3.05) is 27.3 Å². The van der Waals surface area contributed by atoms with Gasteiger partial charge >= 0.3 is 5.97 Å². The molecular weight excluding hydrogens is 258 g/mol. The summed E-state index contributed by atoms with van der Waals surface area (Å²) in [5, 5.41) is 0. The Bertz CT molecular complexity index is 485. The number of hydrogen-bond donors (Lipinski definition) is 0. The molecule has 1 amide bonds. The zero-order valence-corrected chi connectivity index (χ0v) is 12.4. The molecule has 0 spiro atoms. The van der Waals surface area contributed by atoms with Crippen LogP contribution in [0.15, 0.2) is 18.2 Å². The summed E-state index contributed by atoms with van der Waals surface area (Å²) >= 11 is 0. The fraction of sp³-hybridized carbons (Fsp3) is 0.467. The lowest BCUT2D eigenvalue weighted by Crippen LogP contribution is -2.37. The van der Waals surface area contributed by atoms with Crippen LogP contribution in [-0.4, -0.2) is 44.1 Å². The Hall–Kier alpha value is -2.04. The maximum atomic E-state index is 12.2. The predicted molar refractivity (Wildman–Crippen MR) is 75.7 cm³/mol. The van der Waals surface area contributed by atoms with Crippen LogP contribution in [0.25, 0.3) is 0 Å². The summed E-state index contributed by atoms with van der Waals surface area (Å²) in [6.07, 6.45) is 0.238. The van der Waals surface area contributed by atoms with E-state index < -0.39 is 5.97 Å². The molecule has 0 saturated heterocycles. The number of esters is 1. The molecule has 0 aliphatic carbocycles. The van der Waals surface area contributed by atoms with E-state index in [1.807, 2.05) is 32.0 Å². The minimum absolute atomic E-state index is 0.0190. The van der Waals surface area contributed by atoms with Gasteiger partial charge in [-0.1, -0.05) is 12.1 Å². The maximum Gasteiger partial charge on any atom is 0.325 e. The molecule has 5 nitrogen and oxygen atoms in total. The third kappa shape index (κ3) is 4.26. The molecule has 110 valence electrons. The van der Waals surface area contributed by atoms with E-state index >= 15 is 0 Å². The van der Waals surface area contributed by atoms with Crippen LogP contribution in [0.4, 0.5) is 0 Å². The molecule has 1 aromatic carbocycles. The summed E-state index contributed by atoms with van der Waals surface area (Å²) in [6, 6.07) is 5.65. The number of aryl methyl sites for hydroxylation is 1. The van der Waals surface area contributed by atoms with Crippen molar-refractivity contribution >= 4 is 11.9 Å². The lowest BCUT2D eigenvalue weighted by Gasteiger charge is -2.19. The van der Waals surface area contributed by atoms with Crippen molar-refractivity contribution in [3.05, 3.63) is 29.3 Å². The van der Waals surface area contributed by atoms with E-state index in [4.69, 9.17) is 4.74 Å². The molecule has 0 fully saturated rings. The number of amides is 1. The van der Waals surface area contributed by atoms with E-state index in [1.165, 1.54) is 12.0 Å². The van der Waals surface area contributed by atoms with Gasteiger partial charge in [-0.15, -0.1) is 0 Å². The SMILES string of the molecule is CCN(CC(=O)OC)C(=O)Cc1ccc(C)c(OC)c1. The first-order valence-corrected chi connectivity index (χ1v) is 6.49. The van der Waals surface area contributed by atoms with Gasteiger partial charge in [-0.3, -0.25) is 9.59 Å². The molecule has 1 rings (SSSR count). The van der Waals surface area contributed by atoms with Crippen molar-refractivity contribution in [2.45, 2.75) is 20.3 Å². The molecule has 0 heterocycles. The zero-order chi connectivity index (χ0) is 15.1. The van der Waals surface area contributed by atoms with Crippen molar-refractivity contribution in [1.82, 2.24) is 4.90 Å². The highest BCUT2D eigenvalue weighted by Gasteiger charge is 2.16. The van der Waals surface area contributed by atoms with Gasteiger partial charge in [0.05, 0.1) is 20.6 Å². The van der Waals surface area contributed by atoms with E-state index in [1.54, 1.807) is 7.11 Å². The van der Waals surface area contributed by atoms with Crippen LogP contribution < -0.4 is 4.74 Å². The van der Waals surface area contributed by atoms with Crippen LogP contribution >= 0.6 is 0 Å². The van der Waals surface area contributed by atoms with Gasteiger partial charge in [0.1, 0.15) is 12.3 Å². The third-order valence-corrected chi connectivity index (χ3v) is 3.11. The minimum Gasteiger partial charge on any atom is -0.496 e. The van der Waals surface area contributed by atoms with Gasteiger partial charge in [-0.25, -0.2) is 0 Å². The van der Waals surface area contributed by atoms with Crippen molar-refractivity contribution in [3.8, 4) is 5.75 Å². The summed E-state index contributed by atoms with van der Waals surface area (Å²) in [5.41, 5.74) is 1.88. The Morgan fingerprint density at radius 1 is 1.25 bits per heavy atom. The van der Waals surface area contributed by atoms with Crippen LogP contribution in [0.5, 0.6) is 5.75 Å². The van der Waals surface area contributed by atoms with E-state index in [-0.39, 0.29) is 18.9 Å². The molecule has 0 N–H and O–H groups in total. The molecule has 0 aromatic heterocycles. The van der Waals surface area contributed by atoms with Gasteiger partial charge in [0, 0.05) is 6.54 Å². The highest BCUT2D eigenvalue weighted by atomic mass is 16.5. The van der Waals surface area contributed by atoms with Crippen molar-refractivity contribution in [1.29, 1.82) is 0 Å². The number of nitrogens with zero attached hydrogens (tertiary/aromatic N) is 1. The number of carbonyl (C=O) groups is 2. The van der Waals surface area contributed by atoms with Gasteiger partial charge in [-0.05, 0) is 31.0 Å². The number of carbonyl (C=O) groups excluding carboxylic acids is 2. The molecule has 0 atom stereocenters. The largest absolute Gasteiger partial charge is 0.496 e. The first-order valence-electron chi connectivity index (χ1n) is 6.49. The number of ether oxygens (including phenoxy) is 2. The number of likely N-dealkylation sites (N-methyl/N-ethyl adjacent to an activating group) is 1. The first-order chi connectivity index (χ1) is 9.51. The molecule has 0 saturated carbocycles. The summed E-state index contributed by atoms with van der Waals surface area (Å²) in [5.74, 6) is 0.233. The highest BCUT2D eigenvalue weighted by Crippen LogP contribution is 2.19. The van der Waals surface area contributed by atoms with Gasteiger partial charge in [0.25, 0.3) is 0 Å². The van der Waals surface area contributed by atoms with Crippen LogP contribution in [0.3, 0.4) is 0 Å². The number of hydrogen-bond acceptors (Lipinski definition) is 4. The predicted octanol–water partition coefficient (Wildman–Crippen LogP) is 1.57. The first kappa shape index (κ1) is 16.0. The topological polar surface area (TPSA) is 55.8 Å². The summed E-state index contributed by atoms with van der Waals surface area (Å²) in [6.45, 7) is 4.22. The Kier molecular flexibility index (Phi) is 6.03. The minimum atomic E-state index is -0.415. The Morgan fingerprint density at radius 2 is 1.95 bits per heavy atom. The second-order valence-corrected chi connectivity index (χ2v) is 4.46. The van der Waals surface area contributed by atoms with E-state index in [9.17, 15) is 9.59 Å². The monoisotopic (exact) mass is 279 g/mol. The number of benzene rings is 1. The summed E-state index contributed by atoms with van der Waals surface area (Å²) in [4.78, 5) is 24.9. The lowest BCUT2D eigenvalue weighted by atomic mass is 10.1. The van der Waals surface area contributed by atoms with Crippen LogP contribution in [0, 0.1) is 6.92 Å². The van der Waals surface area contributed by atoms with Crippen LogP contribution in [-0.2, 0) is 20.7 Å². The second-order valence-electron chi connectivity index (χ2n) is 4.46. The van der Waals surface area contributed by atoms with Gasteiger partial charge in [0.2, 0.25) is 5.91 Å². The van der Waals surface area contributed by atoms with Crippen molar-refractivity contribution < 1.29 is 19.1 Å². The van der Waals surface area contributed by atoms with E-state index in [2.05, 4.69) is 4.74 Å². The number of rotatable bonds is 6. The average molecular weight is 279 g/mol. The number of methoxy groups -OCH3 is 2. The molecule has 0 radical (unpaired) electrons. The Labute approximate surface area is 119 Å². The zero-order valence-electron chi connectivity index (χ0n) is 12.4. The smallest absolute Gasteiger partial charge is 0.325 e. The molecule has 20 heavy (non-hydrogen) atoms. The lowest BCUT2D eigenvalue weighted by molar-refractivity contribution is -0.146. The molecule has 0 unspecified atom stereocenters. The molecule has 1 aromatic rings. The third-order valence-electron chi connectivity index (χ3n) is 3.11. The molecule has 0 bridgehead atoms.